The van der Waals surface area contributed by atoms with Crippen molar-refractivity contribution in [2.75, 3.05) is 33.6 Å². The molecule has 1 aromatic carbocycles. The highest BCUT2D eigenvalue weighted by atomic mass is 16.7. The van der Waals surface area contributed by atoms with Crippen molar-refractivity contribution in [1.29, 1.82) is 0 Å². The molecule has 0 bridgehead atoms. The molecule has 0 aromatic heterocycles. The van der Waals surface area contributed by atoms with E-state index in [1.54, 1.807) is 21.0 Å². The summed E-state index contributed by atoms with van der Waals surface area (Å²) >= 11 is 0. The van der Waals surface area contributed by atoms with Crippen molar-refractivity contribution in [2.45, 2.75) is 146 Å². The smallest absolute Gasteiger partial charge is 0.339 e. The number of fused-ring (bicyclic) bond motifs is 3. The number of hydrogen-bond acceptors (Lipinski definition) is 10. The minimum absolute atomic E-state index is 0.0569. The maximum atomic E-state index is 14.2. The molecule has 4 atom stereocenters. The van der Waals surface area contributed by atoms with Gasteiger partial charge in [-0.25, -0.2) is 4.79 Å². The maximum Gasteiger partial charge on any atom is 0.339 e. The standard InChI is InChI=1S/C38H57NO9/c1-5-6-7-8-9-10-11-12-21-45-32(40)25-38(43,18-13-16-36(2,3)42)35(41)48-34-31(44-4)24-37-17-14-19-39(37)20-15-27-22-29-30(47-26-46-29)23-28(27)33(34)37/h22-24,33-34,42-43H,5-21,25-26H2,1-4H3/t33-,34?,37-,38-/m1/s1. The van der Waals surface area contributed by atoms with E-state index in [0.717, 1.165) is 62.7 Å². The average Bonchev–Trinajstić information content (AvgIpc) is 3.73. The Morgan fingerprint density at radius 1 is 0.979 bits per heavy atom. The van der Waals surface area contributed by atoms with Gasteiger partial charge in [-0.15, -0.1) is 0 Å². The fourth-order valence-electron chi connectivity index (χ4n) is 8.11. The summed E-state index contributed by atoms with van der Waals surface area (Å²) in [5.41, 5.74) is -1.43. The quantitative estimate of drug-likeness (QED) is 0.140. The van der Waals surface area contributed by atoms with Crippen molar-refractivity contribution in [3.63, 3.8) is 0 Å². The highest BCUT2D eigenvalue weighted by Gasteiger charge is 2.59. The molecule has 2 N–H and O–H groups in total. The van der Waals surface area contributed by atoms with Gasteiger partial charge < -0.3 is 33.9 Å². The third-order valence-electron chi connectivity index (χ3n) is 10.7. The van der Waals surface area contributed by atoms with E-state index >= 15 is 0 Å². The zero-order valence-electron chi connectivity index (χ0n) is 29.5. The zero-order valence-corrected chi connectivity index (χ0v) is 29.5. The van der Waals surface area contributed by atoms with Crippen LogP contribution in [0.1, 0.15) is 128 Å². The molecule has 3 aliphatic heterocycles. The van der Waals surface area contributed by atoms with Gasteiger partial charge in [-0.05, 0) is 94.7 Å². The second kappa shape index (κ2) is 15.8. The number of methoxy groups -OCH3 is 1. The number of rotatable bonds is 18. The highest BCUT2D eigenvalue weighted by Crippen LogP contribution is 2.55. The number of carbonyl (C=O) groups excluding carboxylic acids is 2. The molecule has 4 aliphatic rings. The third-order valence-corrected chi connectivity index (χ3v) is 10.7. The molecule has 1 saturated heterocycles. The number of esters is 2. The summed E-state index contributed by atoms with van der Waals surface area (Å²) < 4.78 is 29.2. The lowest BCUT2D eigenvalue weighted by atomic mass is 9.77. The lowest BCUT2D eigenvalue weighted by Crippen LogP contribution is -2.49. The number of unbranched alkanes of at least 4 members (excludes halogenated alkanes) is 7. The van der Waals surface area contributed by atoms with Gasteiger partial charge in [0.05, 0.1) is 37.2 Å². The summed E-state index contributed by atoms with van der Waals surface area (Å²) in [5.74, 6) is 0.0721. The van der Waals surface area contributed by atoms with Crippen LogP contribution in [0.5, 0.6) is 11.5 Å². The first-order chi connectivity index (χ1) is 23.0. The van der Waals surface area contributed by atoms with Crippen LogP contribution >= 0.6 is 0 Å². The molecule has 0 radical (unpaired) electrons. The fourth-order valence-corrected chi connectivity index (χ4v) is 8.11. The summed E-state index contributed by atoms with van der Waals surface area (Å²) in [6.07, 6.45) is 13.0. The van der Waals surface area contributed by atoms with E-state index in [1.807, 2.05) is 12.1 Å². The number of benzene rings is 1. The normalized spacial score (nSPS) is 24.2. The van der Waals surface area contributed by atoms with Crippen molar-refractivity contribution < 1.29 is 43.5 Å². The molecule has 3 heterocycles. The predicted molar refractivity (Wildman–Crippen MR) is 181 cm³/mol. The Morgan fingerprint density at radius 2 is 1.69 bits per heavy atom. The van der Waals surface area contributed by atoms with Gasteiger partial charge in [0.1, 0.15) is 5.76 Å². The molecule has 1 spiro atoms. The van der Waals surface area contributed by atoms with E-state index in [2.05, 4.69) is 17.9 Å². The lowest BCUT2D eigenvalue weighted by molar-refractivity contribution is -0.179. The molecule has 5 rings (SSSR count). The first-order valence-corrected chi connectivity index (χ1v) is 18.3. The Labute approximate surface area is 286 Å². The number of carbonyl (C=O) groups is 2. The van der Waals surface area contributed by atoms with Gasteiger partial charge in [0.25, 0.3) is 0 Å². The highest BCUT2D eigenvalue weighted by molar-refractivity contribution is 5.86. The molecular formula is C38H57NO9. The summed E-state index contributed by atoms with van der Waals surface area (Å²) in [4.78, 5) is 29.7. The van der Waals surface area contributed by atoms with Gasteiger partial charge >= 0.3 is 11.9 Å². The van der Waals surface area contributed by atoms with Gasteiger partial charge in [0.2, 0.25) is 6.79 Å². The molecule has 10 heteroatoms. The van der Waals surface area contributed by atoms with Crippen molar-refractivity contribution in [2.24, 2.45) is 0 Å². The molecule has 1 fully saturated rings. The molecule has 1 unspecified atom stereocenters. The van der Waals surface area contributed by atoms with E-state index in [1.165, 1.54) is 32.1 Å². The van der Waals surface area contributed by atoms with Crippen LogP contribution < -0.4 is 9.47 Å². The Balaban J connectivity index is 1.32. The molecule has 268 valence electrons. The van der Waals surface area contributed by atoms with E-state index in [9.17, 15) is 19.8 Å². The first kappa shape index (κ1) is 36.5. The largest absolute Gasteiger partial charge is 0.497 e. The minimum atomic E-state index is -2.13. The SMILES string of the molecule is CCCCCCCCCCOC(=O)C[C@](O)(CCCC(C)(C)O)C(=O)OC1C(OC)=C[C@@]23CCCN2CCc2cc4c(cc2[C@H]13)OCO4. The van der Waals surface area contributed by atoms with E-state index in [4.69, 9.17) is 23.7 Å². The summed E-state index contributed by atoms with van der Waals surface area (Å²) in [7, 11) is 1.58. The number of nitrogens with zero attached hydrogens (tertiary/aromatic N) is 1. The Morgan fingerprint density at radius 3 is 2.40 bits per heavy atom. The Hall–Kier alpha value is -2.82. The number of ether oxygens (including phenoxy) is 5. The van der Waals surface area contributed by atoms with Crippen LogP contribution in [0, 0.1) is 0 Å². The van der Waals surface area contributed by atoms with Crippen LogP contribution in [0.15, 0.2) is 24.0 Å². The molecule has 0 amide bonds. The summed E-state index contributed by atoms with van der Waals surface area (Å²) in [6.45, 7) is 7.72. The first-order valence-electron chi connectivity index (χ1n) is 18.3. The van der Waals surface area contributed by atoms with Crippen LogP contribution in [0.3, 0.4) is 0 Å². The van der Waals surface area contributed by atoms with Gasteiger partial charge in [0.15, 0.2) is 23.2 Å². The minimum Gasteiger partial charge on any atom is -0.497 e. The molecule has 10 nitrogen and oxygen atoms in total. The molecular weight excluding hydrogens is 614 g/mol. The van der Waals surface area contributed by atoms with Crippen molar-refractivity contribution in [3.05, 3.63) is 35.1 Å². The van der Waals surface area contributed by atoms with Gasteiger partial charge in [-0.2, -0.15) is 0 Å². The van der Waals surface area contributed by atoms with Crippen molar-refractivity contribution >= 4 is 11.9 Å². The predicted octanol–water partition coefficient (Wildman–Crippen LogP) is 6.09. The fraction of sp³-hybridized carbons (Fsp3) is 0.737. The van der Waals surface area contributed by atoms with Crippen LogP contribution in [0.4, 0.5) is 0 Å². The second-order valence-electron chi connectivity index (χ2n) is 14.9. The van der Waals surface area contributed by atoms with E-state index in [-0.39, 0.29) is 25.7 Å². The van der Waals surface area contributed by atoms with Crippen LogP contribution in [-0.2, 0) is 30.2 Å². The summed E-state index contributed by atoms with van der Waals surface area (Å²) in [5, 5.41) is 22.2. The van der Waals surface area contributed by atoms with Crippen molar-refractivity contribution in [3.8, 4) is 11.5 Å². The van der Waals surface area contributed by atoms with Crippen LogP contribution in [-0.4, -0.2) is 83.5 Å². The van der Waals surface area contributed by atoms with Gasteiger partial charge in [-0.1, -0.05) is 51.9 Å². The van der Waals surface area contributed by atoms with Crippen LogP contribution in [0.25, 0.3) is 0 Å². The van der Waals surface area contributed by atoms with E-state index < -0.39 is 41.2 Å². The third kappa shape index (κ3) is 8.30. The molecule has 0 saturated carbocycles. The zero-order chi connectivity index (χ0) is 34.4. The lowest BCUT2D eigenvalue weighted by Gasteiger charge is -2.39. The molecule has 48 heavy (non-hydrogen) atoms. The van der Waals surface area contributed by atoms with Gasteiger partial charge in [0, 0.05) is 6.54 Å². The Bertz CT molecular complexity index is 1310. The average molecular weight is 672 g/mol. The number of aliphatic hydroxyl groups is 2. The number of hydrogen-bond donors (Lipinski definition) is 2. The molecule has 1 aliphatic carbocycles. The maximum absolute atomic E-state index is 14.2. The van der Waals surface area contributed by atoms with Crippen molar-refractivity contribution in [1.82, 2.24) is 4.90 Å². The summed E-state index contributed by atoms with van der Waals surface area (Å²) in [6, 6.07) is 4.05. The van der Waals surface area contributed by atoms with E-state index in [0.29, 0.717) is 30.1 Å². The topological polar surface area (TPSA) is 124 Å². The second-order valence-corrected chi connectivity index (χ2v) is 14.9. The van der Waals surface area contributed by atoms with Gasteiger partial charge in [-0.3, -0.25) is 9.69 Å². The molecule has 1 aromatic rings. The Kier molecular flexibility index (Phi) is 12.0. The van der Waals surface area contributed by atoms with Crippen LogP contribution in [0.2, 0.25) is 0 Å². The monoisotopic (exact) mass is 671 g/mol.